The second-order valence-electron chi connectivity index (χ2n) is 5.59. The van der Waals surface area contributed by atoms with Crippen molar-refractivity contribution in [1.82, 2.24) is 5.32 Å². The molecule has 0 bridgehead atoms. The summed E-state index contributed by atoms with van der Waals surface area (Å²) in [6.45, 7) is 9.58. The van der Waals surface area contributed by atoms with Crippen LogP contribution in [0.15, 0.2) is 24.3 Å². The van der Waals surface area contributed by atoms with Crippen molar-refractivity contribution >= 4 is 0 Å². The van der Waals surface area contributed by atoms with Crippen LogP contribution < -0.4 is 10.1 Å². The fourth-order valence-electron chi connectivity index (χ4n) is 2.49. The van der Waals surface area contributed by atoms with Gasteiger partial charge in [0.25, 0.3) is 0 Å². The van der Waals surface area contributed by atoms with Crippen LogP contribution in [0.3, 0.4) is 0 Å². The Bertz CT molecular complexity index is 364. The van der Waals surface area contributed by atoms with Crippen molar-refractivity contribution in [3.05, 3.63) is 29.8 Å². The Kier molecular flexibility index (Phi) is 10.8. The number of hydrogen-bond donors (Lipinski definition) is 1. The number of unbranched alkanes of at least 4 members (excludes halogenated alkanes) is 3. The molecule has 0 amide bonds. The Labute approximate surface area is 136 Å². The van der Waals surface area contributed by atoms with Crippen molar-refractivity contribution in [3.8, 4) is 5.75 Å². The monoisotopic (exact) mass is 307 g/mol. The maximum atomic E-state index is 5.66. The van der Waals surface area contributed by atoms with E-state index in [0.717, 1.165) is 25.3 Å². The van der Waals surface area contributed by atoms with Crippen molar-refractivity contribution in [2.75, 3.05) is 26.4 Å². The molecule has 1 rings (SSSR count). The van der Waals surface area contributed by atoms with Crippen LogP contribution in [0.2, 0.25) is 0 Å². The summed E-state index contributed by atoms with van der Waals surface area (Å²) >= 11 is 0. The lowest BCUT2D eigenvalue weighted by Crippen LogP contribution is -2.21. The van der Waals surface area contributed by atoms with Gasteiger partial charge in [0.15, 0.2) is 0 Å². The molecular weight excluding hydrogens is 274 g/mol. The van der Waals surface area contributed by atoms with Crippen LogP contribution in [-0.2, 0) is 4.74 Å². The molecule has 3 heteroatoms. The van der Waals surface area contributed by atoms with Crippen molar-refractivity contribution in [2.45, 2.75) is 58.9 Å². The average Bonchev–Trinajstić information content (AvgIpc) is 2.56. The third-order valence-corrected chi connectivity index (χ3v) is 3.81. The van der Waals surface area contributed by atoms with Gasteiger partial charge < -0.3 is 14.8 Å². The van der Waals surface area contributed by atoms with Crippen LogP contribution in [-0.4, -0.2) is 26.4 Å². The zero-order valence-corrected chi connectivity index (χ0v) is 14.6. The molecule has 0 fully saturated rings. The minimum Gasteiger partial charge on any atom is -0.491 e. The molecule has 3 nitrogen and oxygen atoms in total. The van der Waals surface area contributed by atoms with Crippen molar-refractivity contribution in [1.29, 1.82) is 0 Å². The molecule has 1 unspecified atom stereocenters. The zero-order valence-electron chi connectivity index (χ0n) is 14.6. The maximum Gasteiger partial charge on any atom is 0.119 e. The summed E-state index contributed by atoms with van der Waals surface area (Å²) in [6, 6.07) is 8.90. The van der Waals surface area contributed by atoms with E-state index in [4.69, 9.17) is 9.47 Å². The number of nitrogens with one attached hydrogen (secondary N) is 1. The van der Waals surface area contributed by atoms with E-state index in [-0.39, 0.29) is 0 Å². The van der Waals surface area contributed by atoms with Crippen molar-refractivity contribution < 1.29 is 9.47 Å². The van der Waals surface area contributed by atoms with Crippen LogP contribution in [0, 0.1) is 0 Å². The standard InChI is InChI=1S/C19H33NO2/c1-4-7-8-9-14-20-19(5-2)17-10-12-18(13-11-17)22-16-15-21-6-3/h10-13,19-20H,4-9,14-16H2,1-3H3. The Morgan fingerprint density at radius 2 is 1.73 bits per heavy atom. The summed E-state index contributed by atoms with van der Waals surface area (Å²) in [6.07, 6.45) is 6.34. The van der Waals surface area contributed by atoms with Crippen LogP contribution in [0.5, 0.6) is 5.75 Å². The first-order chi connectivity index (χ1) is 10.8. The SMILES string of the molecule is CCCCCCNC(CC)c1ccc(OCCOCC)cc1. The number of benzene rings is 1. The largest absolute Gasteiger partial charge is 0.491 e. The Morgan fingerprint density at radius 3 is 2.36 bits per heavy atom. The first-order valence-electron chi connectivity index (χ1n) is 8.85. The van der Waals surface area contributed by atoms with Crippen LogP contribution >= 0.6 is 0 Å². The molecule has 1 atom stereocenters. The van der Waals surface area contributed by atoms with Gasteiger partial charge in [-0.05, 0) is 44.0 Å². The first kappa shape index (κ1) is 19.0. The summed E-state index contributed by atoms with van der Waals surface area (Å²) < 4.78 is 10.9. The number of ether oxygens (including phenoxy) is 2. The van der Waals surface area contributed by atoms with E-state index < -0.39 is 0 Å². The highest BCUT2D eigenvalue weighted by Gasteiger charge is 2.08. The van der Waals surface area contributed by atoms with Gasteiger partial charge in [-0.25, -0.2) is 0 Å². The lowest BCUT2D eigenvalue weighted by Gasteiger charge is -2.18. The highest BCUT2D eigenvalue weighted by Crippen LogP contribution is 2.20. The molecule has 0 saturated heterocycles. The summed E-state index contributed by atoms with van der Waals surface area (Å²) in [5, 5.41) is 3.66. The highest BCUT2D eigenvalue weighted by atomic mass is 16.5. The van der Waals surface area contributed by atoms with E-state index in [1.807, 2.05) is 6.92 Å². The van der Waals surface area contributed by atoms with Crippen molar-refractivity contribution in [3.63, 3.8) is 0 Å². The molecule has 0 saturated carbocycles. The summed E-state index contributed by atoms with van der Waals surface area (Å²) in [5.41, 5.74) is 1.34. The summed E-state index contributed by atoms with van der Waals surface area (Å²) in [5.74, 6) is 0.918. The van der Waals surface area contributed by atoms with E-state index >= 15 is 0 Å². The minimum absolute atomic E-state index is 0.444. The van der Waals surface area contributed by atoms with E-state index in [1.165, 1.54) is 31.2 Å². The van der Waals surface area contributed by atoms with Gasteiger partial charge in [-0.1, -0.05) is 45.2 Å². The molecule has 22 heavy (non-hydrogen) atoms. The van der Waals surface area contributed by atoms with Crippen LogP contribution in [0.25, 0.3) is 0 Å². The maximum absolute atomic E-state index is 5.66. The molecule has 0 aliphatic rings. The van der Waals surface area contributed by atoms with Gasteiger partial charge in [0.05, 0.1) is 6.61 Å². The predicted octanol–water partition coefficient (Wildman–Crippen LogP) is 4.72. The van der Waals surface area contributed by atoms with Crippen LogP contribution in [0.1, 0.15) is 64.5 Å². The van der Waals surface area contributed by atoms with E-state index in [2.05, 4.69) is 43.4 Å². The molecule has 0 aliphatic carbocycles. The zero-order chi connectivity index (χ0) is 16.0. The minimum atomic E-state index is 0.444. The fraction of sp³-hybridized carbons (Fsp3) is 0.684. The van der Waals surface area contributed by atoms with Gasteiger partial charge in [0, 0.05) is 12.6 Å². The Hall–Kier alpha value is -1.06. The molecule has 0 aliphatic heterocycles. The van der Waals surface area contributed by atoms with Gasteiger partial charge in [0.2, 0.25) is 0 Å². The first-order valence-corrected chi connectivity index (χ1v) is 8.85. The van der Waals surface area contributed by atoms with Gasteiger partial charge >= 0.3 is 0 Å². The third kappa shape index (κ3) is 7.81. The second kappa shape index (κ2) is 12.5. The van der Waals surface area contributed by atoms with E-state index in [9.17, 15) is 0 Å². The molecular formula is C19H33NO2. The van der Waals surface area contributed by atoms with Gasteiger partial charge in [-0.15, -0.1) is 0 Å². The molecule has 1 aromatic rings. The summed E-state index contributed by atoms with van der Waals surface area (Å²) in [7, 11) is 0. The molecule has 1 N–H and O–H groups in total. The molecule has 0 heterocycles. The fourth-order valence-corrected chi connectivity index (χ4v) is 2.49. The van der Waals surface area contributed by atoms with Gasteiger partial charge in [-0.3, -0.25) is 0 Å². The Morgan fingerprint density at radius 1 is 0.955 bits per heavy atom. The van der Waals surface area contributed by atoms with Crippen LogP contribution in [0.4, 0.5) is 0 Å². The molecule has 0 spiro atoms. The molecule has 1 aromatic carbocycles. The normalized spacial score (nSPS) is 12.3. The predicted molar refractivity (Wildman–Crippen MR) is 93.6 cm³/mol. The van der Waals surface area contributed by atoms with E-state index in [1.54, 1.807) is 0 Å². The number of hydrogen-bond acceptors (Lipinski definition) is 3. The quantitative estimate of drug-likeness (QED) is 0.535. The van der Waals surface area contributed by atoms with Crippen molar-refractivity contribution in [2.24, 2.45) is 0 Å². The highest BCUT2D eigenvalue weighted by molar-refractivity contribution is 5.29. The van der Waals surface area contributed by atoms with Gasteiger partial charge in [0.1, 0.15) is 12.4 Å². The topological polar surface area (TPSA) is 30.5 Å². The lowest BCUT2D eigenvalue weighted by molar-refractivity contribution is 0.110. The average molecular weight is 307 g/mol. The smallest absolute Gasteiger partial charge is 0.119 e. The van der Waals surface area contributed by atoms with Gasteiger partial charge in [-0.2, -0.15) is 0 Å². The Balaban J connectivity index is 2.35. The number of rotatable bonds is 13. The molecule has 0 radical (unpaired) electrons. The lowest BCUT2D eigenvalue weighted by atomic mass is 10.0. The summed E-state index contributed by atoms with van der Waals surface area (Å²) in [4.78, 5) is 0. The molecule has 0 aromatic heterocycles. The molecule has 126 valence electrons. The third-order valence-electron chi connectivity index (χ3n) is 3.81. The van der Waals surface area contributed by atoms with E-state index in [0.29, 0.717) is 19.3 Å². The second-order valence-corrected chi connectivity index (χ2v) is 5.59.